The standard InChI is InChI=1S/C23H26N2O3S/c1-17-9-10-18(2)23(14-17)29(26,27)24-15-21(22-8-5-13-28-22)25-12-11-19-6-3-4-7-20(19)16-25/h3-10,13-14,21,24H,11-12,15-16H2,1-2H3/t21-/m1/s1. The number of sulfonamides is 1. The van der Waals surface area contributed by atoms with Crippen LogP contribution in [0, 0.1) is 13.8 Å². The Hall–Kier alpha value is -2.41. The van der Waals surface area contributed by atoms with Crippen molar-refractivity contribution in [1.29, 1.82) is 0 Å². The van der Waals surface area contributed by atoms with Gasteiger partial charge in [0.15, 0.2) is 0 Å². The fourth-order valence-corrected chi connectivity index (χ4v) is 5.30. The number of nitrogens with zero attached hydrogens (tertiary/aromatic N) is 1. The second-order valence-electron chi connectivity index (χ2n) is 7.64. The monoisotopic (exact) mass is 410 g/mol. The highest BCUT2D eigenvalue weighted by Gasteiger charge is 2.28. The molecular weight excluding hydrogens is 384 g/mol. The quantitative estimate of drug-likeness (QED) is 0.668. The summed E-state index contributed by atoms with van der Waals surface area (Å²) in [5, 5.41) is 0. The minimum atomic E-state index is -3.62. The fourth-order valence-electron chi connectivity index (χ4n) is 3.94. The largest absolute Gasteiger partial charge is 0.468 e. The zero-order valence-corrected chi connectivity index (χ0v) is 17.6. The second-order valence-corrected chi connectivity index (χ2v) is 9.38. The lowest BCUT2D eigenvalue weighted by Crippen LogP contribution is -2.40. The van der Waals surface area contributed by atoms with E-state index in [0.29, 0.717) is 4.90 Å². The van der Waals surface area contributed by atoms with E-state index in [-0.39, 0.29) is 12.6 Å². The molecule has 2 aromatic carbocycles. The van der Waals surface area contributed by atoms with Crippen LogP contribution in [0.15, 0.2) is 70.2 Å². The third kappa shape index (κ3) is 4.29. The molecule has 29 heavy (non-hydrogen) atoms. The molecule has 0 amide bonds. The first-order valence-corrected chi connectivity index (χ1v) is 11.3. The smallest absolute Gasteiger partial charge is 0.240 e. The molecule has 1 aliphatic rings. The Bertz CT molecular complexity index is 1090. The van der Waals surface area contributed by atoms with Gasteiger partial charge < -0.3 is 4.42 Å². The Kier molecular flexibility index (Phi) is 5.58. The van der Waals surface area contributed by atoms with Crippen LogP contribution < -0.4 is 4.72 Å². The lowest BCUT2D eigenvalue weighted by atomic mass is 9.98. The molecule has 6 heteroatoms. The van der Waals surface area contributed by atoms with Crippen molar-refractivity contribution in [1.82, 2.24) is 9.62 Å². The normalized spacial score (nSPS) is 15.8. The summed E-state index contributed by atoms with van der Waals surface area (Å²) in [4.78, 5) is 2.62. The van der Waals surface area contributed by atoms with Crippen LogP contribution in [0.5, 0.6) is 0 Å². The van der Waals surface area contributed by atoms with Crippen LogP contribution in [0.25, 0.3) is 0 Å². The van der Waals surface area contributed by atoms with Crippen LogP contribution in [0.1, 0.15) is 34.1 Å². The van der Waals surface area contributed by atoms with Gasteiger partial charge in [0.2, 0.25) is 10.0 Å². The van der Waals surface area contributed by atoms with Gasteiger partial charge in [-0.05, 0) is 60.7 Å². The Morgan fingerprint density at radius 1 is 1.07 bits per heavy atom. The highest BCUT2D eigenvalue weighted by atomic mass is 32.2. The van der Waals surface area contributed by atoms with E-state index in [9.17, 15) is 8.42 Å². The fraction of sp³-hybridized carbons (Fsp3) is 0.304. The second kappa shape index (κ2) is 8.14. The van der Waals surface area contributed by atoms with Crippen molar-refractivity contribution in [3.8, 4) is 0 Å². The molecule has 1 atom stereocenters. The molecule has 1 N–H and O–H groups in total. The Labute approximate surface area is 172 Å². The van der Waals surface area contributed by atoms with Crippen LogP contribution in [0.3, 0.4) is 0 Å². The molecule has 0 radical (unpaired) electrons. The SMILES string of the molecule is Cc1ccc(C)c(S(=O)(=O)NC[C@H](c2ccco2)N2CCc3ccccc3C2)c1. The Morgan fingerprint density at radius 3 is 2.62 bits per heavy atom. The van der Waals surface area contributed by atoms with Crippen LogP contribution in [0.2, 0.25) is 0 Å². The van der Waals surface area contributed by atoms with E-state index in [1.807, 2.05) is 44.2 Å². The van der Waals surface area contributed by atoms with Crippen molar-refractivity contribution in [2.75, 3.05) is 13.1 Å². The van der Waals surface area contributed by atoms with E-state index in [1.54, 1.807) is 12.3 Å². The van der Waals surface area contributed by atoms with Gasteiger partial charge in [0.05, 0.1) is 17.2 Å². The van der Waals surface area contributed by atoms with Crippen LogP contribution >= 0.6 is 0 Å². The molecule has 5 nitrogen and oxygen atoms in total. The molecule has 0 unspecified atom stereocenters. The number of nitrogens with one attached hydrogen (secondary N) is 1. The Morgan fingerprint density at radius 2 is 1.86 bits per heavy atom. The zero-order valence-electron chi connectivity index (χ0n) is 16.8. The van der Waals surface area contributed by atoms with E-state index in [0.717, 1.165) is 36.4 Å². The van der Waals surface area contributed by atoms with Crippen LogP contribution in [-0.4, -0.2) is 26.4 Å². The van der Waals surface area contributed by atoms with E-state index >= 15 is 0 Å². The van der Waals surface area contributed by atoms with Gasteiger partial charge in [0.25, 0.3) is 0 Å². The van der Waals surface area contributed by atoms with Crippen molar-refractivity contribution in [2.24, 2.45) is 0 Å². The van der Waals surface area contributed by atoms with Gasteiger partial charge in [-0.2, -0.15) is 0 Å². The molecule has 0 saturated heterocycles. The van der Waals surface area contributed by atoms with Crippen LogP contribution in [-0.2, 0) is 23.0 Å². The van der Waals surface area contributed by atoms with E-state index < -0.39 is 10.0 Å². The molecule has 1 aromatic heterocycles. The van der Waals surface area contributed by atoms with Gasteiger partial charge in [-0.1, -0.05) is 36.4 Å². The van der Waals surface area contributed by atoms with Crippen molar-refractivity contribution in [3.63, 3.8) is 0 Å². The molecule has 3 aromatic rings. The molecule has 1 aliphatic heterocycles. The number of benzene rings is 2. The minimum absolute atomic E-state index is 0.168. The van der Waals surface area contributed by atoms with Gasteiger partial charge in [-0.15, -0.1) is 0 Å². The van der Waals surface area contributed by atoms with Crippen molar-refractivity contribution in [3.05, 3.63) is 88.9 Å². The average molecular weight is 411 g/mol. The highest BCUT2D eigenvalue weighted by Crippen LogP contribution is 2.28. The van der Waals surface area contributed by atoms with Crippen molar-refractivity contribution < 1.29 is 12.8 Å². The first-order valence-electron chi connectivity index (χ1n) is 9.85. The van der Waals surface area contributed by atoms with E-state index in [4.69, 9.17) is 4.42 Å². The molecule has 2 heterocycles. The average Bonchev–Trinajstić information content (AvgIpc) is 3.24. The predicted molar refractivity (Wildman–Crippen MR) is 113 cm³/mol. The summed E-state index contributed by atoms with van der Waals surface area (Å²) in [7, 11) is -3.62. The Balaban J connectivity index is 1.57. The van der Waals surface area contributed by atoms with E-state index in [2.05, 4.69) is 27.8 Å². The number of hydrogen-bond acceptors (Lipinski definition) is 4. The molecule has 152 valence electrons. The van der Waals surface area contributed by atoms with E-state index in [1.165, 1.54) is 11.1 Å². The lowest BCUT2D eigenvalue weighted by Gasteiger charge is -2.34. The molecule has 4 rings (SSSR count). The maximum atomic E-state index is 13.0. The number of hydrogen-bond donors (Lipinski definition) is 1. The van der Waals surface area contributed by atoms with Gasteiger partial charge in [-0.25, -0.2) is 13.1 Å². The number of fused-ring (bicyclic) bond motifs is 1. The minimum Gasteiger partial charge on any atom is -0.468 e. The zero-order chi connectivity index (χ0) is 20.4. The molecular formula is C23H26N2O3S. The summed E-state index contributed by atoms with van der Waals surface area (Å²) < 4.78 is 34.5. The summed E-state index contributed by atoms with van der Waals surface area (Å²) in [6, 6.07) is 17.5. The summed E-state index contributed by atoms with van der Waals surface area (Å²) in [5.74, 6) is 0.771. The topological polar surface area (TPSA) is 62.6 Å². The number of rotatable bonds is 6. The number of furan rings is 1. The first kappa shape index (κ1) is 19.9. The van der Waals surface area contributed by atoms with Gasteiger partial charge >= 0.3 is 0 Å². The molecule has 0 aliphatic carbocycles. The van der Waals surface area contributed by atoms with Crippen molar-refractivity contribution in [2.45, 2.75) is 37.8 Å². The van der Waals surface area contributed by atoms with Crippen LogP contribution in [0.4, 0.5) is 0 Å². The third-order valence-corrected chi connectivity index (χ3v) is 7.14. The lowest BCUT2D eigenvalue weighted by molar-refractivity contribution is 0.160. The summed E-state index contributed by atoms with van der Waals surface area (Å²) >= 11 is 0. The molecule has 0 saturated carbocycles. The maximum absolute atomic E-state index is 13.0. The molecule has 0 spiro atoms. The predicted octanol–water partition coefficient (Wildman–Crippen LogP) is 3.97. The molecule has 0 fully saturated rings. The van der Waals surface area contributed by atoms with Gasteiger partial charge in [-0.3, -0.25) is 4.90 Å². The first-order chi connectivity index (χ1) is 13.9. The maximum Gasteiger partial charge on any atom is 0.240 e. The summed E-state index contributed by atoms with van der Waals surface area (Å²) in [6.07, 6.45) is 2.58. The number of aryl methyl sites for hydroxylation is 2. The highest BCUT2D eigenvalue weighted by molar-refractivity contribution is 7.89. The third-order valence-electron chi connectivity index (χ3n) is 5.57. The van der Waals surface area contributed by atoms with Gasteiger partial charge in [0.1, 0.15) is 5.76 Å². The molecule has 0 bridgehead atoms. The summed E-state index contributed by atoms with van der Waals surface area (Å²) in [6.45, 7) is 5.60. The summed E-state index contributed by atoms with van der Waals surface area (Å²) in [5.41, 5.74) is 4.31. The van der Waals surface area contributed by atoms with Crippen molar-refractivity contribution >= 4 is 10.0 Å². The van der Waals surface area contributed by atoms with Gasteiger partial charge in [0, 0.05) is 19.6 Å².